The molecule has 0 fully saturated rings. The number of carbonyl (C=O) groups excluding carboxylic acids is 1. The summed E-state index contributed by atoms with van der Waals surface area (Å²) in [4.78, 5) is 12.4. The van der Waals surface area contributed by atoms with Gasteiger partial charge in [-0.2, -0.15) is 10.2 Å². The summed E-state index contributed by atoms with van der Waals surface area (Å²) in [5, 5.41) is 11.0. The Morgan fingerprint density at radius 2 is 1.85 bits per heavy atom. The standard InChI is InChI=1S/C20H20N4O3/c1-13-18(15-7-5-4-6-8-15)22-23-19(13)20(25)24-21-12-14-9-10-16(26-2)17(11-14)27-3/h4-12H,1-3H3,(H,22,23)(H,24,25)/b21-12-. The van der Waals surface area contributed by atoms with Crippen LogP contribution in [0.3, 0.4) is 0 Å². The average molecular weight is 364 g/mol. The van der Waals surface area contributed by atoms with Crippen LogP contribution in [-0.4, -0.2) is 36.5 Å². The molecule has 0 saturated carbocycles. The lowest BCUT2D eigenvalue weighted by Gasteiger charge is -2.07. The molecular formula is C20H20N4O3. The predicted octanol–water partition coefficient (Wildman–Crippen LogP) is 3.17. The van der Waals surface area contributed by atoms with Gasteiger partial charge in [-0.15, -0.1) is 0 Å². The molecule has 0 aliphatic carbocycles. The molecule has 2 aromatic carbocycles. The lowest BCUT2D eigenvalue weighted by atomic mass is 10.1. The van der Waals surface area contributed by atoms with Gasteiger partial charge in [-0.1, -0.05) is 30.3 Å². The SMILES string of the molecule is COc1ccc(/C=N\NC(=O)c2[nH]nc(-c3ccccc3)c2C)cc1OC. The van der Waals surface area contributed by atoms with Crippen LogP contribution in [0.4, 0.5) is 0 Å². The number of nitrogens with zero attached hydrogens (tertiary/aromatic N) is 2. The molecule has 27 heavy (non-hydrogen) atoms. The van der Waals surface area contributed by atoms with E-state index in [1.165, 1.54) is 6.21 Å². The fourth-order valence-corrected chi connectivity index (χ4v) is 2.65. The molecule has 7 heteroatoms. The number of methoxy groups -OCH3 is 2. The molecule has 1 amide bonds. The number of hydrazone groups is 1. The molecule has 0 aliphatic heterocycles. The van der Waals surface area contributed by atoms with Gasteiger partial charge in [0.05, 0.1) is 26.1 Å². The van der Waals surface area contributed by atoms with E-state index < -0.39 is 0 Å². The smallest absolute Gasteiger partial charge is 0.289 e. The first-order valence-electron chi connectivity index (χ1n) is 8.30. The van der Waals surface area contributed by atoms with Gasteiger partial charge in [0.15, 0.2) is 11.5 Å². The van der Waals surface area contributed by atoms with E-state index in [0.29, 0.717) is 17.2 Å². The largest absolute Gasteiger partial charge is 0.493 e. The van der Waals surface area contributed by atoms with Crippen molar-refractivity contribution in [2.45, 2.75) is 6.92 Å². The van der Waals surface area contributed by atoms with Crippen LogP contribution in [0.1, 0.15) is 21.6 Å². The predicted molar refractivity (Wildman–Crippen MR) is 103 cm³/mol. The van der Waals surface area contributed by atoms with Gasteiger partial charge in [0.2, 0.25) is 0 Å². The molecule has 0 unspecified atom stereocenters. The molecule has 0 spiro atoms. The molecule has 0 radical (unpaired) electrons. The Kier molecular flexibility index (Phi) is 5.51. The first-order valence-corrected chi connectivity index (χ1v) is 8.30. The molecule has 3 aromatic rings. The van der Waals surface area contributed by atoms with E-state index in [0.717, 1.165) is 22.4 Å². The van der Waals surface area contributed by atoms with Crippen molar-refractivity contribution in [2.24, 2.45) is 5.10 Å². The average Bonchev–Trinajstić information content (AvgIpc) is 3.09. The van der Waals surface area contributed by atoms with Gasteiger partial charge < -0.3 is 9.47 Å². The van der Waals surface area contributed by atoms with Crippen molar-refractivity contribution >= 4 is 12.1 Å². The zero-order valence-electron chi connectivity index (χ0n) is 15.3. The van der Waals surface area contributed by atoms with Crippen molar-refractivity contribution < 1.29 is 14.3 Å². The number of hydrogen-bond acceptors (Lipinski definition) is 5. The molecule has 0 atom stereocenters. The second-order valence-corrected chi connectivity index (χ2v) is 5.75. The van der Waals surface area contributed by atoms with E-state index in [9.17, 15) is 4.79 Å². The van der Waals surface area contributed by atoms with Crippen LogP contribution in [0.15, 0.2) is 53.6 Å². The summed E-state index contributed by atoms with van der Waals surface area (Å²) in [6.07, 6.45) is 1.53. The highest BCUT2D eigenvalue weighted by Gasteiger charge is 2.16. The van der Waals surface area contributed by atoms with Crippen LogP contribution in [0.25, 0.3) is 11.3 Å². The summed E-state index contributed by atoms with van der Waals surface area (Å²) in [6, 6.07) is 15.0. The summed E-state index contributed by atoms with van der Waals surface area (Å²) in [5.74, 6) is 0.851. The number of hydrogen-bond donors (Lipinski definition) is 2. The Labute approximate surface area is 157 Å². The fraction of sp³-hybridized carbons (Fsp3) is 0.150. The molecule has 138 valence electrons. The van der Waals surface area contributed by atoms with Crippen LogP contribution in [0.5, 0.6) is 11.5 Å². The summed E-state index contributed by atoms with van der Waals surface area (Å²) in [7, 11) is 3.13. The molecule has 1 heterocycles. The summed E-state index contributed by atoms with van der Waals surface area (Å²) < 4.78 is 10.4. The highest BCUT2D eigenvalue weighted by molar-refractivity contribution is 5.96. The number of rotatable bonds is 6. The minimum absolute atomic E-state index is 0.362. The minimum Gasteiger partial charge on any atom is -0.493 e. The lowest BCUT2D eigenvalue weighted by Crippen LogP contribution is -2.19. The number of H-pyrrole nitrogens is 1. The van der Waals surface area contributed by atoms with E-state index >= 15 is 0 Å². The van der Waals surface area contributed by atoms with Gasteiger partial charge in [-0.3, -0.25) is 9.89 Å². The maximum Gasteiger partial charge on any atom is 0.289 e. The van der Waals surface area contributed by atoms with Crippen LogP contribution < -0.4 is 14.9 Å². The van der Waals surface area contributed by atoms with Crippen LogP contribution in [0, 0.1) is 6.92 Å². The molecule has 3 rings (SSSR count). The second-order valence-electron chi connectivity index (χ2n) is 5.75. The fourth-order valence-electron chi connectivity index (χ4n) is 2.65. The quantitative estimate of drug-likeness (QED) is 0.519. The van der Waals surface area contributed by atoms with E-state index in [-0.39, 0.29) is 5.91 Å². The maximum absolute atomic E-state index is 12.4. The van der Waals surface area contributed by atoms with Crippen molar-refractivity contribution in [3.8, 4) is 22.8 Å². The number of carbonyl (C=O) groups is 1. The lowest BCUT2D eigenvalue weighted by molar-refractivity contribution is 0.0949. The van der Waals surface area contributed by atoms with Gasteiger partial charge >= 0.3 is 0 Å². The topological polar surface area (TPSA) is 88.6 Å². The van der Waals surface area contributed by atoms with Gasteiger partial charge in [-0.05, 0) is 30.7 Å². The van der Waals surface area contributed by atoms with Crippen molar-refractivity contribution in [1.29, 1.82) is 0 Å². The molecule has 7 nitrogen and oxygen atoms in total. The molecule has 0 bridgehead atoms. The molecule has 0 saturated heterocycles. The summed E-state index contributed by atoms with van der Waals surface area (Å²) in [5.41, 5.74) is 6.09. The third kappa shape index (κ3) is 3.98. The van der Waals surface area contributed by atoms with Gasteiger partial charge in [-0.25, -0.2) is 5.43 Å². The molecule has 2 N–H and O–H groups in total. The number of aromatic nitrogens is 2. The van der Waals surface area contributed by atoms with Crippen molar-refractivity contribution in [2.75, 3.05) is 14.2 Å². The van der Waals surface area contributed by atoms with Crippen molar-refractivity contribution in [3.63, 3.8) is 0 Å². The van der Waals surface area contributed by atoms with E-state index in [4.69, 9.17) is 9.47 Å². The number of aromatic amines is 1. The highest BCUT2D eigenvalue weighted by Crippen LogP contribution is 2.27. The molecule has 1 aromatic heterocycles. The van der Waals surface area contributed by atoms with Crippen LogP contribution in [0.2, 0.25) is 0 Å². The first kappa shape index (κ1) is 18.2. The van der Waals surface area contributed by atoms with Crippen LogP contribution in [-0.2, 0) is 0 Å². The normalized spacial score (nSPS) is 10.8. The zero-order chi connectivity index (χ0) is 19.2. The molecule has 0 aliphatic rings. The molecular weight excluding hydrogens is 344 g/mol. The maximum atomic E-state index is 12.4. The number of ether oxygens (including phenoxy) is 2. The van der Waals surface area contributed by atoms with E-state index in [2.05, 4.69) is 20.7 Å². The minimum atomic E-state index is -0.362. The van der Waals surface area contributed by atoms with Gasteiger partial charge in [0.25, 0.3) is 5.91 Å². The number of nitrogens with one attached hydrogen (secondary N) is 2. The summed E-state index contributed by atoms with van der Waals surface area (Å²) >= 11 is 0. The Bertz CT molecular complexity index is 965. The zero-order valence-corrected chi connectivity index (χ0v) is 15.3. The third-order valence-corrected chi connectivity index (χ3v) is 4.07. The monoisotopic (exact) mass is 364 g/mol. The van der Waals surface area contributed by atoms with E-state index in [1.54, 1.807) is 26.4 Å². The van der Waals surface area contributed by atoms with Gasteiger partial charge in [0, 0.05) is 11.1 Å². The first-order chi connectivity index (χ1) is 13.1. The van der Waals surface area contributed by atoms with Crippen molar-refractivity contribution in [1.82, 2.24) is 15.6 Å². The van der Waals surface area contributed by atoms with E-state index in [1.807, 2.05) is 43.3 Å². The van der Waals surface area contributed by atoms with Crippen molar-refractivity contribution in [3.05, 3.63) is 65.4 Å². The van der Waals surface area contributed by atoms with Gasteiger partial charge in [0.1, 0.15) is 5.69 Å². The second kappa shape index (κ2) is 8.18. The van der Waals surface area contributed by atoms with Crippen LogP contribution >= 0.6 is 0 Å². The Morgan fingerprint density at radius 3 is 2.56 bits per heavy atom. The summed E-state index contributed by atoms with van der Waals surface area (Å²) in [6.45, 7) is 1.85. The Hall–Kier alpha value is -3.61. The number of amides is 1. The Morgan fingerprint density at radius 1 is 1.11 bits per heavy atom. The number of benzene rings is 2. The Balaban J connectivity index is 1.71. The highest BCUT2D eigenvalue weighted by atomic mass is 16.5. The third-order valence-electron chi connectivity index (χ3n) is 4.07.